The topological polar surface area (TPSA) is 264 Å². The first-order chi connectivity index (χ1) is 28.9. The van der Waals surface area contributed by atoms with Gasteiger partial charge >= 0.3 is 11.9 Å². The molecule has 4 atom stereocenters. The van der Waals surface area contributed by atoms with Crippen LogP contribution in [-0.2, 0) is 28.7 Å². The first-order valence-corrected chi connectivity index (χ1v) is 21.3. The molecule has 0 bridgehead atoms. The molecule has 0 amide bonds. The third-order valence-corrected chi connectivity index (χ3v) is 9.31. The number of Topliss-reactive ketones (excluding diaryl/α,β-unsaturated/α-hetero) is 2. The van der Waals surface area contributed by atoms with Crippen molar-refractivity contribution in [1.29, 1.82) is 0 Å². The van der Waals surface area contributed by atoms with Crippen LogP contribution in [0.5, 0.6) is 0 Å². The van der Waals surface area contributed by atoms with Crippen molar-refractivity contribution in [1.82, 2.24) is 42.5 Å². The molecule has 0 saturated carbocycles. The molecule has 0 aliphatic heterocycles. The summed E-state index contributed by atoms with van der Waals surface area (Å²) in [6.07, 6.45) is -1.85. The Kier molecular flexibility index (Phi) is 33.4. The maximum atomic E-state index is 11.9. The molecule has 0 fully saturated rings. The van der Waals surface area contributed by atoms with Crippen LogP contribution in [0.15, 0.2) is 48.6 Å². The van der Waals surface area contributed by atoms with E-state index in [0.29, 0.717) is 116 Å². The Morgan fingerprint density at radius 1 is 0.443 bits per heavy atom. The molecule has 352 valence electrons. The van der Waals surface area contributed by atoms with Gasteiger partial charge in [0.15, 0.2) is 11.6 Å². The lowest BCUT2D eigenvalue weighted by atomic mass is 9.87. The maximum Gasteiger partial charge on any atom is 0.333 e. The van der Waals surface area contributed by atoms with Gasteiger partial charge in [0, 0.05) is 134 Å². The molecular formula is C43H80N8O10. The minimum absolute atomic E-state index is 0.0572. The van der Waals surface area contributed by atoms with Crippen molar-refractivity contribution in [2.24, 2.45) is 5.41 Å². The van der Waals surface area contributed by atoms with Crippen LogP contribution in [0, 0.1) is 5.41 Å². The van der Waals surface area contributed by atoms with Crippen molar-refractivity contribution in [3.63, 3.8) is 0 Å². The van der Waals surface area contributed by atoms with Gasteiger partial charge in [-0.15, -0.1) is 0 Å². The molecule has 0 aromatic heterocycles. The van der Waals surface area contributed by atoms with Crippen molar-refractivity contribution in [2.45, 2.75) is 77.8 Å². The van der Waals surface area contributed by atoms with E-state index in [1.54, 1.807) is 27.7 Å². The number of hydrogen-bond donors (Lipinski definition) is 12. The fourth-order valence-electron chi connectivity index (χ4n) is 5.51. The quantitative estimate of drug-likeness (QED) is 0.0184. The first-order valence-electron chi connectivity index (χ1n) is 21.3. The van der Waals surface area contributed by atoms with Gasteiger partial charge in [-0.2, -0.15) is 0 Å². The largest absolute Gasteiger partial charge is 0.460 e. The predicted octanol–water partition coefficient (Wildman–Crippen LogP) is -1.78. The van der Waals surface area contributed by atoms with Gasteiger partial charge < -0.3 is 72.4 Å². The molecule has 18 nitrogen and oxygen atoms in total. The van der Waals surface area contributed by atoms with Crippen LogP contribution in [0.1, 0.15) is 53.4 Å². The number of carbonyl (C=O) groups is 4. The van der Waals surface area contributed by atoms with E-state index < -0.39 is 36.4 Å². The van der Waals surface area contributed by atoms with Gasteiger partial charge in [0.25, 0.3) is 0 Å². The zero-order valence-corrected chi connectivity index (χ0v) is 37.4. The molecular weight excluding hydrogens is 789 g/mol. The second-order valence-corrected chi connectivity index (χ2v) is 15.9. The minimum Gasteiger partial charge on any atom is -0.460 e. The zero-order chi connectivity index (χ0) is 46.1. The van der Waals surface area contributed by atoms with E-state index in [0.717, 1.165) is 0 Å². The number of allylic oxidation sites excluding steroid dienone is 2. The minimum atomic E-state index is -0.872. The zero-order valence-electron chi connectivity index (χ0n) is 37.4. The highest BCUT2D eigenvalue weighted by molar-refractivity contribution is 5.94. The Hall–Kier alpha value is -3.24. The second kappa shape index (κ2) is 35.2. The molecule has 0 saturated heterocycles. The van der Waals surface area contributed by atoms with Crippen molar-refractivity contribution < 1.29 is 49.1 Å². The number of esters is 2. The van der Waals surface area contributed by atoms with E-state index in [1.165, 1.54) is 0 Å². The molecule has 4 unspecified atom stereocenters. The van der Waals surface area contributed by atoms with Gasteiger partial charge in [0.2, 0.25) is 0 Å². The van der Waals surface area contributed by atoms with Gasteiger partial charge in [0.1, 0.15) is 25.4 Å². The summed E-state index contributed by atoms with van der Waals surface area (Å²) in [7, 11) is 0. The van der Waals surface area contributed by atoms with Crippen molar-refractivity contribution in [3.05, 3.63) is 48.6 Å². The number of aliphatic hydroxyl groups is 4. The molecule has 0 radical (unpaired) electrons. The number of rotatable bonds is 42. The van der Waals surface area contributed by atoms with Gasteiger partial charge in [0.05, 0.1) is 12.2 Å². The lowest BCUT2D eigenvalue weighted by Gasteiger charge is -2.36. The third-order valence-electron chi connectivity index (χ3n) is 9.31. The molecule has 0 aliphatic rings. The normalized spacial score (nSPS) is 14.3. The third kappa shape index (κ3) is 32.2. The Balaban J connectivity index is 5.46. The van der Waals surface area contributed by atoms with E-state index >= 15 is 0 Å². The fraction of sp³-hybridized carbons (Fsp3) is 0.721. The molecule has 0 spiro atoms. The van der Waals surface area contributed by atoms with Crippen LogP contribution in [0.2, 0.25) is 0 Å². The molecule has 12 N–H and O–H groups in total. The van der Waals surface area contributed by atoms with E-state index in [4.69, 9.17) is 9.47 Å². The molecule has 0 rings (SSSR count). The molecule has 0 aromatic carbocycles. The number of ketones is 2. The highest BCUT2D eigenvalue weighted by atomic mass is 16.5. The van der Waals surface area contributed by atoms with Crippen LogP contribution < -0.4 is 42.5 Å². The summed E-state index contributed by atoms with van der Waals surface area (Å²) in [5, 5.41) is 68.1. The van der Waals surface area contributed by atoms with E-state index in [2.05, 4.69) is 68.9 Å². The molecule has 0 aliphatic carbocycles. The molecule has 18 heteroatoms. The fourth-order valence-corrected chi connectivity index (χ4v) is 5.51. The van der Waals surface area contributed by atoms with Crippen LogP contribution in [0.25, 0.3) is 0 Å². The van der Waals surface area contributed by atoms with E-state index in [9.17, 15) is 39.6 Å². The molecule has 61 heavy (non-hydrogen) atoms. The number of aliphatic hydroxyl groups excluding tert-OH is 4. The maximum absolute atomic E-state index is 11.9. The average molecular weight is 869 g/mol. The van der Waals surface area contributed by atoms with Gasteiger partial charge in [-0.3, -0.25) is 9.59 Å². The summed E-state index contributed by atoms with van der Waals surface area (Å²) in [6.45, 7) is 28.7. The number of nitrogens with one attached hydrogen (secondary N) is 8. The van der Waals surface area contributed by atoms with Gasteiger partial charge in [-0.25, -0.2) is 9.59 Å². The summed E-state index contributed by atoms with van der Waals surface area (Å²) in [6, 6.07) is 0. The lowest BCUT2D eigenvalue weighted by Crippen LogP contribution is -2.56. The second-order valence-electron chi connectivity index (χ2n) is 15.9. The van der Waals surface area contributed by atoms with Crippen LogP contribution in [0.4, 0.5) is 0 Å². The van der Waals surface area contributed by atoms with Crippen molar-refractivity contribution >= 4 is 23.5 Å². The smallest absolute Gasteiger partial charge is 0.333 e. The van der Waals surface area contributed by atoms with E-state index in [1.807, 2.05) is 0 Å². The van der Waals surface area contributed by atoms with Gasteiger partial charge in [-0.1, -0.05) is 26.3 Å². The average Bonchev–Trinajstić information content (AvgIpc) is 3.21. The molecule has 0 heterocycles. The van der Waals surface area contributed by atoms with Crippen LogP contribution in [0.3, 0.4) is 0 Å². The highest BCUT2D eigenvalue weighted by Gasteiger charge is 2.29. The summed E-state index contributed by atoms with van der Waals surface area (Å²) in [4.78, 5) is 47.0. The summed E-state index contributed by atoms with van der Waals surface area (Å²) in [5.41, 5.74) is 1.12. The Bertz CT molecular complexity index is 1140. The first kappa shape index (κ1) is 57.8. The lowest BCUT2D eigenvalue weighted by molar-refractivity contribution is -0.142. The monoisotopic (exact) mass is 869 g/mol. The Morgan fingerprint density at radius 2 is 0.705 bits per heavy atom. The Morgan fingerprint density at radius 3 is 0.967 bits per heavy atom. The number of ether oxygens (including phenoxy) is 2. The predicted molar refractivity (Wildman–Crippen MR) is 239 cm³/mol. The summed E-state index contributed by atoms with van der Waals surface area (Å²) >= 11 is 0. The number of carbonyl (C=O) groups excluding carboxylic acids is 4. The summed E-state index contributed by atoms with van der Waals surface area (Å²) in [5.74, 6) is -1.22. The van der Waals surface area contributed by atoms with Crippen LogP contribution >= 0.6 is 0 Å². The SMILES string of the molecule is C=C(C)C(=O)CCC(O)CNCCNCC(CNCCNCC(O)CCC(=O)C(=C)C)(CNCCNCC(O)COC(=O)C(=C)C)CNCCNCC(O)COC(=O)C(=C)C. The van der Waals surface area contributed by atoms with Gasteiger partial charge in [-0.05, 0) is 51.7 Å². The number of hydrogen-bond acceptors (Lipinski definition) is 18. The van der Waals surface area contributed by atoms with Crippen molar-refractivity contribution in [3.8, 4) is 0 Å². The van der Waals surface area contributed by atoms with E-state index in [-0.39, 0.29) is 67.3 Å². The Labute approximate surface area is 364 Å². The van der Waals surface area contributed by atoms with Crippen molar-refractivity contribution in [2.75, 3.05) is 118 Å². The summed E-state index contributed by atoms with van der Waals surface area (Å²) < 4.78 is 10.0. The van der Waals surface area contributed by atoms with Crippen LogP contribution in [-0.4, -0.2) is 186 Å². The standard InChI is InChI=1S/C43H80N8O10/c1-31(2)39(56)11-9-35(52)21-44-13-17-48-27-43(28-49-18-14-45-22-36(53)10-12-40(57)32(3)4,29-50-19-15-46-23-37(54)25-60-41(58)33(5)6)30-51-20-16-47-24-38(55)26-61-42(59)34(7)8/h35-38,44-55H,1,3,5,7,9-30H2,2,4,6,8H3. The highest BCUT2D eigenvalue weighted by Crippen LogP contribution is 2.13. The molecule has 0 aromatic rings.